The maximum atomic E-state index is 12.7. The Labute approximate surface area is 147 Å². The van der Waals surface area contributed by atoms with Gasteiger partial charge in [-0.15, -0.1) is 0 Å². The van der Waals surface area contributed by atoms with Crippen LogP contribution in [0.5, 0.6) is 0 Å². The summed E-state index contributed by atoms with van der Waals surface area (Å²) in [6, 6.07) is 14.9. The van der Waals surface area contributed by atoms with Crippen molar-refractivity contribution in [2.75, 3.05) is 10.7 Å². The van der Waals surface area contributed by atoms with Crippen molar-refractivity contribution in [1.82, 2.24) is 0 Å². The van der Waals surface area contributed by atoms with Crippen molar-refractivity contribution in [3.05, 3.63) is 59.1 Å². The third-order valence-corrected chi connectivity index (χ3v) is 3.60. The third kappa shape index (κ3) is 5.10. The topological polar surface area (TPSA) is 53.5 Å². The van der Waals surface area contributed by atoms with Crippen molar-refractivity contribution in [1.29, 1.82) is 0 Å². The monoisotopic (exact) mass is 343 g/mol. The highest BCUT2D eigenvalue weighted by Crippen LogP contribution is 2.19. The zero-order chi connectivity index (χ0) is 17.7. The maximum Gasteiger partial charge on any atom is 0.205 e. The number of hydrogen-bond donors (Lipinski definition) is 2. The molecule has 2 rings (SSSR count). The van der Waals surface area contributed by atoms with Crippen LogP contribution in [0.15, 0.2) is 53.6 Å². The lowest BCUT2D eigenvalue weighted by molar-refractivity contribution is -0.119. The predicted octanol–water partition coefficient (Wildman–Crippen LogP) is 5.10. The molecule has 0 spiro atoms. The minimum Gasteiger partial charge on any atom is -0.336 e. The molecular weight excluding hydrogens is 322 g/mol. The summed E-state index contributed by atoms with van der Waals surface area (Å²) in [6.07, 6.45) is 0. The molecule has 0 unspecified atom stereocenters. The molecule has 2 aromatic carbocycles. The molecule has 4 nitrogen and oxygen atoms in total. The number of anilines is 2. The predicted molar refractivity (Wildman–Crippen MR) is 102 cm³/mol. The molecular formula is C19H22ClN3O. The highest BCUT2D eigenvalue weighted by Gasteiger charge is 2.27. The number of rotatable bonds is 4. The summed E-state index contributed by atoms with van der Waals surface area (Å²) in [5, 5.41) is 7.99. The lowest BCUT2D eigenvalue weighted by atomic mass is 9.90. The summed E-state index contributed by atoms with van der Waals surface area (Å²) in [4.78, 5) is 12.7. The molecule has 0 aliphatic heterocycles. The van der Waals surface area contributed by atoms with Gasteiger partial charge in [0.15, 0.2) is 5.84 Å². The number of Topliss-reactive ketones (excluding diaryl/α,β-unsaturated/α-hetero) is 1. The first-order valence-electron chi connectivity index (χ1n) is 7.73. The third-order valence-electron chi connectivity index (χ3n) is 3.35. The number of carbonyl (C=O) groups excluding carboxylic acids is 1. The molecule has 0 aliphatic carbocycles. The van der Waals surface area contributed by atoms with Crippen LogP contribution in [-0.4, -0.2) is 11.6 Å². The number of hydrazone groups is 1. The normalized spacial score (nSPS) is 12.0. The summed E-state index contributed by atoms with van der Waals surface area (Å²) >= 11 is 5.90. The van der Waals surface area contributed by atoms with E-state index in [9.17, 15) is 4.79 Å². The second-order valence-corrected chi connectivity index (χ2v) is 7.09. The summed E-state index contributed by atoms with van der Waals surface area (Å²) in [5.74, 6) is 0.169. The van der Waals surface area contributed by atoms with Gasteiger partial charge in [0.25, 0.3) is 0 Å². The Morgan fingerprint density at radius 3 is 2.04 bits per heavy atom. The van der Waals surface area contributed by atoms with Crippen LogP contribution in [-0.2, 0) is 4.79 Å². The molecule has 0 heterocycles. The molecule has 0 bridgehead atoms. The maximum absolute atomic E-state index is 12.7. The smallest absolute Gasteiger partial charge is 0.205 e. The molecule has 24 heavy (non-hydrogen) atoms. The van der Waals surface area contributed by atoms with Gasteiger partial charge >= 0.3 is 0 Å². The molecule has 0 atom stereocenters. The SMILES string of the molecule is Cc1ccc(N/N=C(/Nc2ccc(Cl)cc2)C(=O)C(C)(C)C)cc1. The first-order chi connectivity index (χ1) is 11.3. The van der Waals surface area contributed by atoms with Gasteiger partial charge in [0, 0.05) is 16.1 Å². The van der Waals surface area contributed by atoms with E-state index in [1.54, 1.807) is 24.3 Å². The van der Waals surface area contributed by atoms with Crippen molar-refractivity contribution >= 4 is 34.6 Å². The van der Waals surface area contributed by atoms with Crippen molar-refractivity contribution in [2.45, 2.75) is 27.7 Å². The standard InChI is InChI=1S/C19H22ClN3O/c1-13-5-9-16(10-6-13)22-23-18(17(24)19(2,3)4)21-15-11-7-14(20)8-12-15/h5-12,22H,1-4H3,(H,21,23). The van der Waals surface area contributed by atoms with E-state index in [0.29, 0.717) is 5.02 Å². The van der Waals surface area contributed by atoms with Crippen molar-refractivity contribution in [3.63, 3.8) is 0 Å². The van der Waals surface area contributed by atoms with Gasteiger partial charge in [-0.1, -0.05) is 50.1 Å². The average molecular weight is 344 g/mol. The number of benzene rings is 2. The highest BCUT2D eigenvalue weighted by atomic mass is 35.5. The minimum atomic E-state index is -0.548. The summed E-state index contributed by atoms with van der Waals surface area (Å²) in [7, 11) is 0. The second kappa shape index (κ2) is 7.49. The summed E-state index contributed by atoms with van der Waals surface area (Å²) in [5.41, 5.74) is 5.12. The van der Waals surface area contributed by atoms with Crippen molar-refractivity contribution in [2.24, 2.45) is 10.5 Å². The van der Waals surface area contributed by atoms with Gasteiger partial charge in [-0.2, -0.15) is 5.10 Å². The van der Waals surface area contributed by atoms with Gasteiger partial charge in [0.1, 0.15) is 0 Å². The fraction of sp³-hybridized carbons (Fsp3) is 0.263. The molecule has 2 N–H and O–H groups in total. The lowest BCUT2D eigenvalue weighted by Gasteiger charge is -2.19. The van der Waals surface area contributed by atoms with E-state index >= 15 is 0 Å². The Balaban J connectivity index is 2.24. The van der Waals surface area contributed by atoms with E-state index in [2.05, 4.69) is 15.8 Å². The Bertz CT molecular complexity index is 729. The van der Waals surface area contributed by atoms with Crippen LogP contribution in [0.3, 0.4) is 0 Å². The number of nitrogens with one attached hydrogen (secondary N) is 2. The summed E-state index contributed by atoms with van der Waals surface area (Å²) in [6.45, 7) is 7.60. The number of nitrogens with zero attached hydrogens (tertiary/aromatic N) is 1. The van der Waals surface area contributed by atoms with Crippen LogP contribution in [0, 0.1) is 12.3 Å². The molecule has 0 radical (unpaired) electrons. The molecule has 0 fully saturated rings. The molecule has 0 aromatic heterocycles. The number of aryl methyl sites for hydroxylation is 1. The van der Waals surface area contributed by atoms with Gasteiger partial charge < -0.3 is 5.32 Å². The molecule has 0 aliphatic rings. The number of carbonyl (C=O) groups is 1. The van der Waals surface area contributed by atoms with E-state index in [1.807, 2.05) is 52.0 Å². The van der Waals surface area contributed by atoms with E-state index in [-0.39, 0.29) is 11.6 Å². The van der Waals surface area contributed by atoms with Gasteiger partial charge in [-0.05, 0) is 43.3 Å². The first-order valence-corrected chi connectivity index (χ1v) is 8.11. The lowest BCUT2D eigenvalue weighted by Crippen LogP contribution is -2.34. The van der Waals surface area contributed by atoms with Crippen LogP contribution in [0.4, 0.5) is 11.4 Å². The number of ketones is 1. The molecule has 126 valence electrons. The average Bonchev–Trinajstić information content (AvgIpc) is 2.53. The summed E-state index contributed by atoms with van der Waals surface area (Å²) < 4.78 is 0. The van der Waals surface area contributed by atoms with E-state index in [0.717, 1.165) is 16.9 Å². The molecule has 0 saturated carbocycles. The Morgan fingerprint density at radius 1 is 0.958 bits per heavy atom. The van der Waals surface area contributed by atoms with Crippen LogP contribution >= 0.6 is 11.6 Å². The Hall–Kier alpha value is -2.33. The highest BCUT2D eigenvalue weighted by molar-refractivity contribution is 6.44. The van der Waals surface area contributed by atoms with Gasteiger partial charge in [0.05, 0.1) is 5.69 Å². The van der Waals surface area contributed by atoms with Crippen molar-refractivity contribution in [3.8, 4) is 0 Å². The van der Waals surface area contributed by atoms with Gasteiger partial charge in [-0.25, -0.2) is 0 Å². The van der Waals surface area contributed by atoms with E-state index in [4.69, 9.17) is 11.6 Å². The van der Waals surface area contributed by atoms with Crippen LogP contribution in [0.1, 0.15) is 26.3 Å². The molecule has 5 heteroatoms. The zero-order valence-corrected chi connectivity index (χ0v) is 15.1. The van der Waals surface area contributed by atoms with Crippen LogP contribution < -0.4 is 10.7 Å². The van der Waals surface area contributed by atoms with Gasteiger partial charge in [-0.3, -0.25) is 10.2 Å². The first kappa shape index (κ1) is 18.0. The quantitative estimate of drug-likeness (QED) is 0.461. The van der Waals surface area contributed by atoms with E-state index in [1.165, 1.54) is 0 Å². The second-order valence-electron chi connectivity index (χ2n) is 6.65. The fourth-order valence-corrected chi connectivity index (χ4v) is 2.04. The fourth-order valence-electron chi connectivity index (χ4n) is 1.91. The Morgan fingerprint density at radius 2 is 1.50 bits per heavy atom. The minimum absolute atomic E-state index is 0.0861. The Kier molecular flexibility index (Phi) is 5.62. The zero-order valence-electron chi connectivity index (χ0n) is 14.4. The number of halogens is 1. The molecule has 0 saturated heterocycles. The number of amidine groups is 1. The number of hydrogen-bond acceptors (Lipinski definition) is 3. The molecule has 0 amide bonds. The van der Waals surface area contributed by atoms with Gasteiger partial charge in [0.2, 0.25) is 5.78 Å². The molecule has 2 aromatic rings. The largest absolute Gasteiger partial charge is 0.336 e. The van der Waals surface area contributed by atoms with Crippen molar-refractivity contribution < 1.29 is 4.79 Å². The van der Waals surface area contributed by atoms with E-state index < -0.39 is 5.41 Å². The van der Waals surface area contributed by atoms with Crippen LogP contribution in [0.25, 0.3) is 0 Å². The van der Waals surface area contributed by atoms with Crippen LogP contribution in [0.2, 0.25) is 5.02 Å².